The molecule has 3 aromatic rings. The van der Waals surface area contributed by atoms with E-state index in [1.807, 2.05) is 19.1 Å². The van der Waals surface area contributed by atoms with Crippen LogP contribution in [0.1, 0.15) is 21.7 Å². The van der Waals surface area contributed by atoms with E-state index in [-0.39, 0.29) is 11.6 Å². The number of aryl methyl sites for hydroxylation is 1. The van der Waals surface area contributed by atoms with Crippen LogP contribution in [0.15, 0.2) is 77.0 Å². The van der Waals surface area contributed by atoms with Gasteiger partial charge in [0.2, 0.25) is 0 Å². The molecule has 28 heavy (non-hydrogen) atoms. The highest BCUT2D eigenvalue weighted by Crippen LogP contribution is 2.16. The molecule has 0 aliphatic heterocycles. The molecule has 0 aliphatic carbocycles. The fraction of sp³-hybridized carbons (Fsp3) is 0.0909. The van der Waals surface area contributed by atoms with Gasteiger partial charge < -0.3 is 19.8 Å². The van der Waals surface area contributed by atoms with Crippen LogP contribution in [-0.2, 0) is 4.79 Å². The molecule has 3 rings (SSSR count). The predicted octanol–water partition coefficient (Wildman–Crippen LogP) is 4.01. The van der Waals surface area contributed by atoms with E-state index in [0.717, 1.165) is 5.56 Å². The maximum absolute atomic E-state index is 12.7. The van der Waals surface area contributed by atoms with E-state index in [0.29, 0.717) is 22.8 Å². The van der Waals surface area contributed by atoms with Crippen LogP contribution in [0.4, 0.5) is 5.69 Å². The number of ether oxygens (including phenoxy) is 1. The molecule has 0 unspecified atom stereocenters. The Hall–Kier alpha value is -3.80. The maximum Gasteiger partial charge on any atom is 0.272 e. The number of nitrogens with one attached hydrogen (secondary N) is 2. The Kier molecular flexibility index (Phi) is 5.91. The molecule has 2 amide bonds. The second-order valence-electron chi connectivity index (χ2n) is 6.08. The quantitative estimate of drug-likeness (QED) is 0.637. The third-order valence-electron chi connectivity index (χ3n) is 3.98. The molecule has 2 N–H and O–H groups in total. The van der Waals surface area contributed by atoms with E-state index in [1.165, 1.54) is 12.3 Å². The topological polar surface area (TPSA) is 80.6 Å². The number of hydrogen-bond donors (Lipinski definition) is 2. The standard InChI is InChI=1S/C22H20N2O4/c1-15-5-7-16(8-6-15)21(25)24-20(14-19-4-3-13-28-19)22(26)23-17-9-11-18(27-2)12-10-17/h3-14H,1-2H3,(H,23,26)(H,24,25)/b20-14-. The fourth-order valence-electron chi connectivity index (χ4n) is 2.45. The van der Waals surface area contributed by atoms with Crippen molar-refractivity contribution in [2.45, 2.75) is 6.92 Å². The second-order valence-corrected chi connectivity index (χ2v) is 6.08. The third kappa shape index (κ3) is 4.88. The summed E-state index contributed by atoms with van der Waals surface area (Å²) in [4.78, 5) is 25.3. The van der Waals surface area contributed by atoms with Gasteiger partial charge in [0.1, 0.15) is 17.2 Å². The van der Waals surface area contributed by atoms with Crippen molar-refractivity contribution in [3.05, 3.63) is 89.5 Å². The summed E-state index contributed by atoms with van der Waals surface area (Å²) in [7, 11) is 1.57. The molecular weight excluding hydrogens is 356 g/mol. The maximum atomic E-state index is 12.7. The second kappa shape index (κ2) is 8.73. The summed E-state index contributed by atoms with van der Waals surface area (Å²) in [5.41, 5.74) is 2.13. The minimum Gasteiger partial charge on any atom is -0.497 e. The molecule has 0 bridgehead atoms. The summed E-state index contributed by atoms with van der Waals surface area (Å²) in [6.07, 6.45) is 2.97. The van der Waals surface area contributed by atoms with Gasteiger partial charge in [-0.3, -0.25) is 9.59 Å². The smallest absolute Gasteiger partial charge is 0.272 e. The number of carbonyl (C=O) groups is 2. The van der Waals surface area contributed by atoms with Gasteiger partial charge in [0.15, 0.2) is 0 Å². The van der Waals surface area contributed by atoms with Gasteiger partial charge in [-0.05, 0) is 55.5 Å². The number of rotatable bonds is 6. The van der Waals surface area contributed by atoms with Crippen LogP contribution in [0.5, 0.6) is 5.75 Å². The third-order valence-corrected chi connectivity index (χ3v) is 3.98. The van der Waals surface area contributed by atoms with Gasteiger partial charge in [-0.1, -0.05) is 17.7 Å². The summed E-state index contributed by atoms with van der Waals surface area (Å²) >= 11 is 0. The average Bonchev–Trinajstić information content (AvgIpc) is 3.21. The Bertz CT molecular complexity index is 972. The molecule has 1 aromatic heterocycles. The summed E-state index contributed by atoms with van der Waals surface area (Å²) in [5, 5.41) is 5.41. The first-order valence-electron chi connectivity index (χ1n) is 8.64. The van der Waals surface area contributed by atoms with Gasteiger partial charge in [0, 0.05) is 17.3 Å². The van der Waals surface area contributed by atoms with Crippen LogP contribution in [0.2, 0.25) is 0 Å². The molecule has 0 spiro atoms. The zero-order valence-electron chi connectivity index (χ0n) is 15.6. The van der Waals surface area contributed by atoms with Crippen LogP contribution in [0, 0.1) is 6.92 Å². The molecule has 6 nitrogen and oxygen atoms in total. The SMILES string of the molecule is COc1ccc(NC(=O)/C(=C/c2ccco2)NC(=O)c2ccc(C)cc2)cc1. The summed E-state index contributed by atoms with van der Waals surface area (Å²) in [5.74, 6) is 0.269. The monoisotopic (exact) mass is 376 g/mol. The zero-order valence-corrected chi connectivity index (χ0v) is 15.6. The van der Waals surface area contributed by atoms with Crippen LogP contribution in [-0.4, -0.2) is 18.9 Å². The number of benzene rings is 2. The van der Waals surface area contributed by atoms with E-state index in [1.54, 1.807) is 55.6 Å². The van der Waals surface area contributed by atoms with Crippen molar-refractivity contribution < 1.29 is 18.7 Å². The van der Waals surface area contributed by atoms with Crippen LogP contribution in [0.25, 0.3) is 6.08 Å². The van der Waals surface area contributed by atoms with Crippen molar-refractivity contribution in [1.29, 1.82) is 0 Å². The minimum absolute atomic E-state index is 0.0661. The number of carbonyl (C=O) groups excluding carboxylic acids is 2. The minimum atomic E-state index is -0.470. The molecule has 2 aromatic carbocycles. The average molecular weight is 376 g/mol. The van der Waals surface area contributed by atoms with Crippen LogP contribution in [0.3, 0.4) is 0 Å². The first-order chi connectivity index (χ1) is 13.5. The molecule has 1 heterocycles. The lowest BCUT2D eigenvalue weighted by molar-refractivity contribution is -0.113. The van der Waals surface area contributed by atoms with Crippen molar-refractivity contribution >= 4 is 23.6 Å². The van der Waals surface area contributed by atoms with E-state index in [4.69, 9.17) is 9.15 Å². The van der Waals surface area contributed by atoms with Crippen molar-refractivity contribution in [3.63, 3.8) is 0 Å². The molecule has 0 radical (unpaired) electrons. The highest BCUT2D eigenvalue weighted by atomic mass is 16.5. The Balaban J connectivity index is 1.80. The van der Waals surface area contributed by atoms with E-state index >= 15 is 0 Å². The Morgan fingerprint density at radius 3 is 2.32 bits per heavy atom. The van der Waals surface area contributed by atoms with E-state index in [2.05, 4.69) is 10.6 Å². The molecule has 0 aliphatic rings. The van der Waals surface area contributed by atoms with Gasteiger partial charge in [-0.25, -0.2) is 0 Å². The summed E-state index contributed by atoms with van der Waals surface area (Å²) in [6, 6.07) is 17.4. The van der Waals surface area contributed by atoms with Gasteiger partial charge >= 0.3 is 0 Å². The van der Waals surface area contributed by atoms with Crippen molar-refractivity contribution in [3.8, 4) is 5.75 Å². The van der Waals surface area contributed by atoms with Crippen molar-refractivity contribution in [2.75, 3.05) is 12.4 Å². The fourth-order valence-corrected chi connectivity index (χ4v) is 2.45. The molecule has 6 heteroatoms. The Morgan fingerprint density at radius 1 is 1.00 bits per heavy atom. The van der Waals surface area contributed by atoms with Crippen molar-refractivity contribution in [2.24, 2.45) is 0 Å². The number of hydrogen-bond acceptors (Lipinski definition) is 4. The first kappa shape index (κ1) is 19.0. The van der Waals surface area contributed by atoms with Crippen molar-refractivity contribution in [1.82, 2.24) is 5.32 Å². The number of furan rings is 1. The van der Waals surface area contributed by atoms with Gasteiger partial charge in [0.25, 0.3) is 11.8 Å². The number of anilines is 1. The molecular formula is C22H20N2O4. The number of amides is 2. The summed E-state index contributed by atoms with van der Waals surface area (Å²) < 4.78 is 10.4. The molecule has 0 saturated heterocycles. The lowest BCUT2D eigenvalue weighted by Gasteiger charge is -2.11. The largest absolute Gasteiger partial charge is 0.497 e. The molecule has 0 atom stereocenters. The number of methoxy groups -OCH3 is 1. The highest BCUT2D eigenvalue weighted by molar-refractivity contribution is 6.10. The van der Waals surface area contributed by atoms with E-state index < -0.39 is 5.91 Å². The van der Waals surface area contributed by atoms with Gasteiger partial charge in [0.05, 0.1) is 13.4 Å². The first-order valence-corrected chi connectivity index (χ1v) is 8.64. The Morgan fingerprint density at radius 2 is 1.71 bits per heavy atom. The normalized spacial score (nSPS) is 11.0. The van der Waals surface area contributed by atoms with Crippen LogP contribution < -0.4 is 15.4 Å². The van der Waals surface area contributed by atoms with Gasteiger partial charge in [-0.2, -0.15) is 0 Å². The molecule has 0 saturated carbocycles. The van der Waals surface area contributed by atoms with Gasteiger partial charge in [-0.15, -0.1) is 0 Å². The highest BCUT2D eigenvalue weighted by Gasteiger charge is 2.15. The molecule has 142 valence electrons. The predicted molar refractivity (Wildman–Crippen MR) is 107 cm³/mol. The van der Waals surface area contributed by atoms with Crippen LogP contribution >= 0.6 is 0 Å². The lowest BCUT2D eigenvalue weighted by Crippen LogP contribution is -2.30. The lowest BCUT2D eigenvalue weighted by atomic mass is 10.1. The zero-order chi connectivity index (χ0) is 19.9. The summed E-state index contributed by atoms with van der Waals surface area (Å²) in [6.45, 7) is 1.94. The molecule has 0 fully saturated rings. The van der Waals surface area contributed by atoms with E-state index in [9.17, 15) is 9.59 Å². The Labute approximate surface area is 162 Å².